The van der Waals surface area contributed by atoms with E-state index in [2.05, 4.69) is 23.8 Å². The molecule has 0 fully saturated rings. The number of nitrogens with one attached hydrogen (secondary N) is 2. The molecule has 2 rings (SSSR count). The Kier molecular flexibility index (Phi) is 3.33. The smallest absolute Gasteiger partial charge is 0.323 e. The van der Waals surface area contributed by atoms with Gasteiger partial charge in [0.1, 0.15) is 0 Å². The number of H-pyrrole nitrogens is 2. The molecule has 0 aliphatic carbocycles. The quantitative estimate of drug-likeness (QED) is 0.758. The van der Waals surface area contributed by atoms with Gasteiger partial charge in [0.2, 0.25) is 0 Å². The summed E-state index contributed by atoms with van der Waals surface area (Å²) in [6, 6.07) is 5.88. The third-order valence-electron chi connectivity index (χ3n) is 3.32. The first-order valence-corrected chi connectivity index (χ1v) is 6.07. The Hall–Kier alpha value is -1.55. The van der Waals surface area contributed by atoms with Crippen LogP contribution in [0, 0.1) is 5.92 Å². The van der Waals surface area contributed by atoms with Crippen LogP contribution in [-0.2, 0) is 0 Å². The molecule has 0 radical (unpaired) electrons. The van der Waals surface area contributed by atoms with Crippen LogP contribution in [-0.4, -0.2) is 9.97 Å². The van der Waals surface area contributed by atoms with E-state index in [0.717, 1.165) is 29.4 Å². The molecule has 4 nitrogen and oxygen atoms in total. The molecule has 2 atom stereocenters. The number of imidazole rings is 1. The monoisotopic (exact) mass is 233 g/mol. The molecule has 4 N–H and O–H groups in total. The van der Waals surface area contributed by atoms with Crippen molar-refractivity contribution in [3.8, 4) is 0 Å². The molecule has 0 saturated carbocycles. The number of nitrogens with two attached hydrogens (primary N) is 1. The molecule has 92 valence electrons. The number of hydrogen-bond donors (Lipinski definition) is 3. The van der Waals surface area contributed by atoms with Gasteiger partial charge in [0, 0.05) is 6.04 Å². The average Bonchev–Trinajstić information content (AvgIpc) is 2.67. The molecule has 0 saturated heterocycles. The zero-order valence-electron chi connectivity index (χ0n) is 10.3. The molecule has 2 aromatic rings. The summed E-state index contributed by atoms with van der Waals surface area (Å²) in [5.41, 5.74) is 8.72. The maximum atomic E-state index is 11.2. The Morgan fingerprint density at radius 1 is 1.29 bits per heavy atom. The molecule has 0 bridgehead atoms. The summed E-state index contributed by atoms with van der Waals surface area (Å²) in [6.45, 7) is 4.38. The molecule has 0 spiro atoms. The second-order valence-corrected chi connectivity index (χ2v) is 4.74. The van der Waals surface area contributed by atoms with E-state index in [-0.39, 0.29) is 11.7 Å². The highest BCUT2D eigenvalue weighted by Crippen LogP contribution is 2.22. The summed E-state index contributed by atoms with van der Waals surface area (Å²) in [4.78, 5) is 16.6. The lowest BCUT2D eigenvalue weighted by molar-refractivity contribution is 0.461. The Morgan fingerprint density at radius 2 is 2.00 bits per heavy atom. The van der Waals surface area contributed by atoms with Crippen molar-refractivity contribution in [2.75, 3.05) is 0 Å². The summed E-state index contributed by atoms with van der Waals surface area (Å²) in [5.74, 6) is 0.617. The topological polar surface area (TPSA) is 74.7 Å². The number of aromatic amines is 2. The third-order valence-corrected chi connectivity index (χ3v) is 3.32. The van der Waals surface area contributed by atoms with Crippen molar-refractivity contribution >= 4 is 11.0 Å². The van der Waals surface area contributed by atoms with Gasteiger partial charge in [-0.05, 0) is 30.0 Å². The first kappa shape index (κ1) is 11.9. The van der Waals surface area contributed by atoms with Crippen molar-refractivity contribution in [2.24, 2.45) is 11.7 Å². The van der Waals surface area contributed by atoms with Gasteiger partial charge < -0.3 is 15.7 Å². The van der Waals surface area contributed by atoms with E-state index in [4.69, 9.17) is 5.73 Å². The highest BCUT2D eigenvalue weighted by molar-refractivity contribution is 5.75. The van der Waals surface area contributed by atoms with Gasteiger partial charge in [-0.3, -0.25) is 0 Å². The van der Waals surface area contributed by atoms with E-state index in [9.17, 15) is 4.79 Å². The maximum absolute atomic E-state index is 11.2. The fourth-order valence-electron chi connectivity index (χ4n) is 2.02. The third kappa shape index (κ3) is 2.58. The highest BCUT2D eigenvalue weighted by Gasteiger charge is 2.11. The van der Waals surface area contributed by atoms with E-state index < -0.39 is 0 Å². The Balaban J connectivity index is 2.26. The van der Waals surface area contributed by atoms with Gasteiger partial charge in [-0.1, -0.05) is 26.3 Å². The molecule has 1 heterocycles. The van der Waals surface area contributed by atoms with Gasteiger partial charge >= 0.3 is 5.69 Å². The minimum atomic E-state index is -0.173. The first-order chi connectivity index (χ1) is 8.10. The molecule has 0 aliphatic heterocycles. The SMILES string of the molecule is CCC(C)CC(N)c1ccc2[nH]c(=O)[nH]c2c1. The van der Waals surface area contributed by atoms with Gasteiger partial charge in [0.05, 0.1) is 11.0 Å². The Bertz CT molecular complexity index is 555. The summed E-state index contributed by atoms with van der Waals surface area (Å²) < 4.78 is 0. The van der Waals surface area contributed by atoms with E-state index in [1.165, 1.54) is 0 Å². The molecule has 0 aliphatic rings. The lowest BCUT2D eigenvalue weighted by Gasteiger charge is -2.16. The highest BCUT2D eigenvalue weighted by atomic mass is 16.1. The van der Waals surface area contributed by atoms with Crippen LogP contribution in [0.5, 0.6) is 0 Å². The average molecular weight is 233 g/mol. The fraction of sp³-hybridized carbons (Fsp3) is 0.462. The van der Waals surface area contributed by atoms with Crippen molar-refractivity contribution in [1.29, 1.82) is 0 Å². The number of rotatable bonds is 4. The van der Waals surface area contributed by atoms with E-state index >= 15 is 0 Å². The summed E-state index contributed by atoms with van der Waals surface area (Å²) in [5, 5.41) is 0. The van der Waals surface area contributed by atoms with Crippen LogP contribution < -0.4 is 11.4 Å². The minimum Gasteiger partial charge on any atom is -0.324 e. The molecule has 17 heavy (non-hydrogen) atoms. The molecule has 0 amide bonds. The molecule has 2 unspecified atom stereocenters. The fourth-order valence-corrected chi connectivity index (χ4v) is 2.02. The molecule has 4 heteroatoms. The number of fused-ring (bicyclic) bond motifs is 1. The number of aromatic nitrogens is 2. The van der Waals surface area contributed by atoms with Gasteiger partial charge in [-0.15, -0.1) is 0 Å². The second kappa shape index (κ2) is 4.75. The van der Waals surface area contributed by atoms with Crippen LogP contribution in [0.25, 0.3) is 11.0 Å². The van der Waals surface area contributed by atoms with Crippen LogP contribution in [0.15, 0.2) is 23.0 Å². The second-order valence-electron chi connectivity index (χ2n) is 4.74. The largest absolute Gasteiger partial charge is 0.324 e. The van der Waals surface area contributed by atoms with Crippen molar-refractivity contribution < 1.29 is 0 Å². The van der Waals surface area contributed by atoms with Gasteiger partial charge in [0.15, 0.2) is 0 Å². The lowest BCUT2D eigenvalue weighted by Crippen LogP contribution is -2.13. The predicted molar refractivity (Wildman–Crippen MR) is 69.9 cm³/mol. The van der Waals surface area contributed by atoms with Gasteiger partial charge in [-0.2, -0.15) is 0 Å². The summed E-state index contributed by atoms with van der Waals surface area (Å²) >= 11 is 0. The molecule has 1 aromatic heterocycles. The Morgan fingerprint density at radius 3 is 2.71 bits per heavy atom. The zero-order chi connectivity index (χ0) is 12.4. The normalized spacial score (nSPS) is 15.0. The van der Waals surface area contributed by atoms with Gasteiger partial charge in [0.25, 0.3) is 0 Å². The van der Waals surface area contributed by atoms with Crippen LogP contribution in [0.3, 0.4) is 0 Å². The van der Waals surface area contributed by atoms with Crippen molar-refractivity contribution in [3.05, 3.63) is 34.2 Å². The lowest BCUT2D eigenvalue weighted by atomic mass is 9.95. The van der Waals surface area contributed by atoms with E-state index in [1.807, 2.05) is 18.2 Å². The van der Waals surface area contributed by atoms with Gasteiger partial charge in [-0.25, -0.2) is 4.79 Å². The standard InChI is InChI=1S/C13H19N3O/c1-3-8(2)6-10(14)9-4-5-11-12(7-9)16-13(17)15-11/h4-5,7-8,10H,3,6,14H2,1-2H3,(H2,15,16,17). The summed E-state index contributed by atoms with van der Waals surface area (Å²) in [6.07, 6.45) is 2.10. The molecule has 1 aromatic carbocycles. The predicted octanol–water partition coefficient (Wildman–Crippen LogP) is 2.29. The van der Waals surface area contributed by atoms with Crippen LogP contribution in [0.2, 0.25) is 0 Å². The van der Waals surface area contributed by atoms with Crippen molar-refractivity contribution in [1.82, 2.24) is 9.97 Å². The summed E-state index contributed by atoms with van der Waals surface area (Å²) in [7, 11) is 0. The van der Waals surface area contributed by atoms with Crippen molar-refractivity contribution in [2.45, 2.75) is 32.7 Å². The van der Waals surface area contributed by atoms with Crippen LogP contribution >= 0.6 is 0 Å². The van der Waals surface area contributed by atoms with E-state index in [0.29, 0.717) is 5.92 Å². The first-order valence-electron chi connectivity index (χ1n) is 6.07. The minimum absolute atomic E-state index is 0.0350. The number of benzene rings is 1. The van der Waals surface area contributed by atoms with Crippen molar-refractivity contribution in [3.63, 3.8) is 0 Å². The molecular formula is C13H19N3O. The van der Waals surface area contributed by atoms with E-state index in [1.54, 1.807) is 0 Å². The molecular weight excluding hydrogens is 214 g/mol. The zero-order valence-corrected chi connectivity index (χ0v) is 10.3. The van der Waals surface area contributed by atoms with Crippen LogP contribution in [0.4, 0.5) is 0 Å². The number of hydrogen-bond acceptors (Lipinski definition) is 2. The maximum Gasteiger partial charge on any atom is 0.323 e. The van der Waals surface area contributed by atoms with Crippen LogP contribution in [0.1, 0.15) is 38.3 Å². The Labute approximate surface area is 100 Å².